The molecule has 0 saturated carbocycles. The standard InChI is InChI=1S/C18H18N4O2S/c1-22-12-19-21-18(22)25-16-9-5-14(6-10-16)20-17(23)11-13-3-7-15(24-2)8-4-13/h3-10,12H,11H2,1-2H3,(H,20,23). The van der Waals surface area contributed by atoms with Crippen LogP contribution >= 0.6 is 11.8 Å². The zero-order valence-electron chi connectivity index (χ0n) is 14.0. The van der Waals surface area contributed by atoms with Gasteiger partial charge < -0.3 is 14.6 Å². The Kier molecular flexibility index (Phi) is 5.35. The highest BCUT2D eigenvalue weighted by atomic mass is 32.2. The van der Waals surface area contributed by atoms with Gasteiger partial charge in [-0.15, -0.1) is 10.2 Å². The van der Waals surface area contributed by atoms with Crippen molar-refractivity contribution in [3.8, 4) is 5.75 Å². The summed E-state index contributed by atoms with van der Waals surface area (Å²) >= 11 is 1.52. The predicted octanol–water partition coefficient (Wildman–Crippen LogP) is 3.16. The lowest BCUT2D eigenvalue weighted by Gasteiger charge is -2.07. The summed E-state index contributed by atoms with van der Waals surface area (Å²) < 4.78 is 6.97. The Hall–Kier alpha value is -2.80. The Morgan fingerprint density at radius 1 is 1.16 bits per heavy atom. The third-order valence-electron chi connectivity index (χ3n) is 3.54. The molecular formula is C18H18N4O2S. The number of aromatic nitrogens is 3. The van der Waals surface area contributed by atoms with Crippen LogP contribution in [0.1, 0.15) is 5.56 Å². The van der Waals surface area contributed by atoms with Gasteiger partial charge in [0.1, 0.15) is 12.1 Å². The van der Waals surface area contributed by atoms with E-state index >= 15 is 0 Å². The van der Waals surface area contributed by atoms with Gasteiger partial charge in [0.05, 0.1) is 13.5 Å². The molecule has 1 amide bonds. The Morgan fingerprint density at radius 2 is 1.88 bits per heavy atom. The minimum absolute atomic E-state index is 0.0566. The summed E-state index contributed by atoms with van der Waals surface area (Å²) in [5.74, 6) is 0.721. The normalized spacial score (nSPS) is 10.5. The van der Waals surface area contributed by atoms with Crippen LogP contribution in [0.25, 0.3) is 0 Å². The molecule has 0 radical (unpaired) electrons. The number of methoxy groups -OCH3 is 1. The molecule has 6 nitrogen and oxygen atoms in total. The van der Waals surface area contributed by atoms with E-state index in [1.807, 2.05) is 60.1 Å². The molecule has 0 aliphatic rings. The van der Waals surface area contributed by atoms with Crippen LogP contribution in [-0.2, 0) is 18.3 Å². The number of anilines is 1. The highest BCUT2D eigenvalue weighted by Gasteiger charge is 2.06. The van der Waals surface area contributed by atoms with Crippen molar-refractivity contribution >= 4 is 23.4 Å². The highest BCUT2D eigenvalue weighted by Crippen LogP contribution is 2.26. The number of carbonyl (C=O) groups excluding carboxylic acids is 1. The zero-order valence-corrected chi connectivity index (χ0v) is 14.8. The Balaban J connectivity index is 1.57. The molecule has 0 bridgehead atoms. The molecule has 3 rings (SSSR count). The molecule has 3 aromatic rings. The molecule has 0 aliphatic carbocycles. The molecule has 25 heavy (non-hydrogen) atoms. The van der Waals surface area contributed by atoms with Crippen LogP contribution in [0, 0.1) is 0 Å². The fourth-order valence-electron chi connectivity index (χ4n) is 2.21. The van der Waals surface area contributed by atoms with E-state index in [4.69, 9.17) is 4.74 Å². The number of ether oxygens (including phenoxy) is 1. The molecule has 1 heterocycles. The molecule has 0 atom stereocenters. The van der Waals surface area contributed by atoms with Gasteiger partial charge in [0.25, 0.3) is 0 Å². The number of nitrogens with zero attached hydrogens (tertiary/aromatic N) is 3. The van der Waals surface area contributed by atoms with Crippen molar-refractivity contribution in [3.63, 3.8) is 0 Å². The number of nitrogens with one attached hydrogen (secondary N) is 1. The molecule has 1 N–H and O–H groups in total. The first-order valence-corrected chi connectivity index (χ1v) is 8.50. The maximum Gasteiger partial charge on any atom is 0.228 e. The second-order valence-electron chi connectivity index (χ2n) is 5.42. The van der Waals surface area contributed by atoms with Crippen LogP contribution in [-0.4, -0.2) is 27.8 Å². The van der Waals surface area contributed by atoms with Crippen LogP contribution in [0.4, 0.5) is 5.69 Å². The monoisotopic (exact) mass is 354 g/mol. The van der Waals surface area contributed by atoms with Crippen molar-refractivity contribution in [1.82, 2.24) is 14.8 Å². The van der Waals surface area contributed by atoms with Crippen molar-refractivity contribution in [1.29, 1.82) is 0 Å². The molecule has 0 aliphatic heterocycles. The van der Waals surface area contributed by atoms with Crippen LogP contribution in [0.2, 0.25) is 0 Å². The van der Waals surface area contributed by atoms with Crippen LogP contribution in [0.5, 0.6) is 5.75 Å². The number of aryl methyl sites for hydroxylation is 1. The van der Waals surface area contributed by atoms with Gasteiger partial charge in [0, 0.05) is 17.6 Å². The summed E-state index contributed by atoms with van der Waals surface area (Å²) in [7, 11) is 3.52. The van der Waals surface area contributed by atoms with Crippen molar-refractivity contribution in [2.24, 2.45) is 7.05 Å². The van der Waals surface area contributed by atoms with Gasteiger partial charge >= 0.3 is 0 Å². The lowest BCUT2D eigenvalue weighted by molar-refractivity contribution is -0.115. The molecule has 0 fully saturated rings. The van der Waals surface area contributed by atoms with E-state index in [1.165, 1.54) is 11.8 Å². The fraction of sp³-hybridized carbons (Fsp3) is 0.167. The van der Waals surface area contributed by atoms with Gasteiger partial charge in [-0.2, -0.15) is 0 Å². The van der Waals surface area contributed by atoms with E-state index in [2.05, 4.69) is 15.5 Å². The van der Waals surface area contributed by atoms with Crippen molar-refractivity contribution in [3.05, 3.63) is 60.4 Å². The van der Waals surface area contributed by atoms with E-state index in [0.29, 0.717) is 6.42 Å². The Bertz CT molecular complexity index is 844. The number of benzene rings is 2. The highest BCUT2D eigenvalue weighted by molar-refractivity contribution is 7.99. The van der Waals surface area contributed by atoms with Crippen LogP contribution < -0.4 is 10.1 Å². The van der Waals surface area contributed by atoms with Gasteiger partial charge in [0.2, 0.25) is 5.91 Å². The summed E-state index contributed by atoms with van der Waals surface area (Å²) in [6.45, 7) is 0. The SMILES string of the molecule is COc1ccc(CC(=O)Nc2ccc(Sc3nncn3C)cc2)cc1. The number of hydrogen-bond donors (Lipinski definition) is 1. The van der Waals surface area contributed by atoms with E-state index < -0.39 is 0 Å². The van der Waals surface area contributed by atoms with Crippen molar-refractivity contribution in [2.75, 3.05) is 12.4 Å². The lowest BCUT2D eigenvalue weighted by Crippen LogP contribution is -2.14. The first kappa shape index (κ1) is 17.0. The molecule has 2 aromatic carbocycles. The smallest absolute Gasteiger partial charge is 0.228 e. The van der Waals surface area contributed by atoms with E-state index in [-0.39, 0.29) is 5.91 Å². The fourth-order valence-corrected chi connectivity index (χ4v) is 2.97. The summed E-state index contributed by atoms with van der Waals surface area (Å²) in [6, 6.07) is 15.1. The molecule has 1 aromatic heterocycles. The van der Waals surface area contributed by atoms with Crippen molar-refractivity contribution in [2.45, 2.75) is 16.5 Å². The zero-order chi connectivity index (χ0) is 17.6. The average Bonchev–Trinajstić information content (AvgIpc) is 3.02. The van der Waals surface area contributed by atoms with Gasteiger partial charge in [-0.1, -0.05) is 12.1 Å². The molecule has 128 valence electrons. The predicted molar refractivity (Wildman–Crippen MR) is 96.9 cm³/mol. The van der Waals surface area contributed by atoms with Crippen LogP contribution in [0.3, 0.4) is 0 Å². The first-order valence-electron chi connectivity index (χ1n) is 7.69. The molecule has 0 unspecified atom stereocenters. The van der Waals surface area contributed by atoms with E-state index in [0.717, 1.165) is 27.1 Å². The van der Waals surface area contributed by atoms with Crippen LogP contribution in [0.15, 0.2) is 64.9 Å². The Morgan fingerprint density at radius 3 is 2.48 bits per heavy atom. The summed E-state index contributed by atoms with van der Waals surface area (Å²) in [5.41, 5.74) is 1.70. The maximum absolute atomic E-state index is 12.2. The number of hydrogen-bond acceptors (Lipinski definition) is 5. The van der Waals surface area contributed by atoms with E-state index in [1.54, 1.807) is 13.4 Å². The average molecular weight is 354 g/mol. The Labute approximate surface area is 150 Å². The van der Waals surface area contributed by atoms with Gasteiger partial charge in [-0.05, 0) is 53.7 Å². The molecular weight excluding hydrogens is 336 g/mol. The second-order valence-corrected chi connectivity index (χ2v) is 6.46. The van der Waals surface area contributed by atoms with Gasteiger partial charge in [-0.3, -0.25) is 4.79 Å². The quantitative estimate of drug-likeness (QED) is 0.736. The number of amides is 1. The second kappa shape index (κ2) is 7.85. The summed E-state index contributed by atoms with van der Waals surface area (Å²) in [6.07, 6.45) is 1.98. The largest absolute Gasteiger partial charge is 0.497 e. The number of carbonyl (C=O) groups is 1. The third-order valence-corrected chi connectivity index (χ3v) is 4.60. The first-order chi connectivity index (χ1) is 12.1. The molecule has 7 heteroatoms. The van der Waals surface area contributed by atoms with Crippen molar-refractivity contribution < 1.29 is 9.53 Å². The lowest BCUT2D eigenvalue weighted by atomic mass is 10.1. The minimum Gasteiger partial charge on any atom is -0.497 e. The molecule has 0 spiro atoms. The summed E-state index contributed by atoms with van der Waals surface area (Å²) in [5, 5.41) is 11.6. The topological polar surface area (TPSA) is 69.0 Å². The maximum atomic E-state index is 12.2. The third kappa shape index (κ3) is 4.60. The molecule has 0 saturated heterocycles. The number of rotatable bonds is 6. The van der Waals surface area contributed by atoms with Gasteiger partial charge in [-0.25, -0.2) is 0 Å². The summed E-state index contributed by atoms with van der Waals surface area (Å²) in [4.78, 5) is 13.2. The van der Waals surface area contributed by atoms with E-state index in [9.17, 15) is 4.79 Å². The van der Waals surface area contributed by atoms with Gasteiger partial charge in [0.15, 0.2) is 5.16 Å². The minimum atomic E-state index is -0.0566.